The molecule has 3 aromatic rings. The third-order valence-corrected chi connectivity index (χ3v) is 5.30. The summed E-state index contributed by atoms with van der Waals surface area (Å²) in [5.41, 5.74) is 5.06. The number of anilines is 1. The maximum absolute atomic E-state index is 3.39. The van der Waals surface area contributed by atoms with Crippen LogP contribution in [0.1, 0.15) is 16.7 Å². The van der Waals surface area contributed by atoms with E-state index >= 15 is 0 Å². The highest BCUT2D eigenvalue weighted by atomic mass is 15.4. The Bertz CT molecular complexity index is 936. The number of hydrogen-bond donors (Lipinski definition) is 0. The lowest BCUT2D eigenvalue weighted by molar-refractivity contribution is 0.290. The first-order valence-corrected chi connectivity index (χ1v) is 9.91. The summed E-state index contributed by atoms with van der Waals surface area (Å²) in [6.07, 6.45) is 1.05. The molecule has 28 heavy (non-hydrogen) atoms. The van der Waals surface area contributed by atoms with E-state index < -0.39 is 0 Å². The van der Waals surface area contributed by atoms with Crippen molar-refractivity contribution in [1.82, 2.24) is 4.90 Å². The van der Waals surface area contributed by atoms with Crippen molar-refractivity contribution >= 4 is 5.69 Å². The number of rotatable bonds is 4. The van der Waals surface area contributed by atoms with Gasteiger partial charge in [0, 0.05) is 23.8 Å². The molecule has 1 heterocycles. The molecule has 0 saturated carbocycles. The molecule has 0 bridgehead atoms. The van der Waals surface area contributed by atoms with E-state index in [2.05, 4.69) is 95.3 Å². The molecule has 140 valence electrons. The molecule has 0 spiro atoms. The average molecular weight is 367 g/mol. The van der Waals surface area contributed by atoms with Crippen LogP contribution in [0.25, 0.3) is 0 Å². The second kappa shape index (κ2) is 8.78. The summed E-state index contributed by atoms with van der Waals surface area (Å²) < 4.78 is 0. The molecule has 0 aromatic heterocycles. The van der Waals surface area contributed by atoms with Gasteiger partial charge >= 0.3 is 0 Å². The first kappa shape index (κ1) is 18.3. The van der Waals surface area contributed by atoms with E-state index in [1.165, 1.54) is 16.8 Å². The lowest BCUT2D eigenvalue weighted by Gasteiger charge is -2.20. The summed E-state index contributed by atoms with van der Waals surface area (Å²) in [5.74, 6) is 6.70. The maximum Gasteiger partial charge on any atom is 0.0718 e. The van der Waals surface area contributed by atoms with Gasteiger partial charge in [0.2, 0.25) is 0 Å². The zero-order valence-corrected chi connectivity index (χ0v) is 16.4. The molecule has 2 nitrogen and oxygen atoms in total. The smallest absolute Gasteiger partial charge is 0.0718 e. The Morgan fingerprint density at radius 3 is 2.25 bits per heavy atom. The van der Waals surface area contributed by atoms with E-state index in [0.717, 1.165) is 31.7 Å². The Balaban J connectivity index is 1.50. The Kier molecular flexibility index (Phi) is 5.75. The third-order valence-electron chi connectivity index (χ3n) is 5.30. The van der Waals surface area contributed by atoms with Gasteiger partial charge in [-0.05, 0) is 43.2 Å². The molecule has 1 aliphatic rings. The van der Waals surface area contributed by atoms with Gasteiger partial charge in [-0.1, -0.05) is 78.1 Å². The topological polar surface area (TPSA) is 6.48 Å². The molecule has 2 heteroatoms. The fourth-order valence-corrected chi connectivity index (χ4v) is 3.73. The Hall–Kier alpha value is -3.02. The van der Waals surface area contributed by atoms with Gasteiger partial charge in [0.15, 0.2) is 0 Å². The van der Waals surface area contributed by atoms with Crippen LogP contribution in [-0.2, 0) is 6.42 Å². The van der Waals surface area contributed by atoms with Crippen molar-refractivity contribution in [3.63, 3.8) is 0 Å². The van der Waals surface area contributed by atoms with Crippen molar-refractivity contribution in [2.24, 2.45) is 0 Å². The summed E-state index contributed by atoms with van der Waals surface area (Å²) in [5, 5.41) is 0. The zero-order chi connectivity index (χ0) is 19.2. The van der Waals surface area contributed by atoms with E-state index in [1.54, 1.807) is 0 Å². The summed E-state index contributed by atoms with van der Waals surface area (Å²) in [4.78, 5) is 4.97. The second-order valence-electron chi connectivity index (χ2n) is 7.46. The van der Waals surface area contributed by atoms with Crippen molar-refractivity contribution in [3.8, 4) is 11.8 Å². The fourth-order valence-electron chi connectivity index (χ4n) is 3.73. The van der Waals surface area contributed by atoms with E-state index in [4.69, 9.17) is 0 Å². The van der Waals surface area contributed by atoms with Crippen molar-refractivity contribution in [2.45, 2.75) is 19.4 Å². The first-order valence-electron chi connectivity index (χ1n) is 9.91. The molecule has 0 N–H and O–H groups in total. The van der Waals surface area contributed by atoms with E-state index in [1.807, 2.05) is 18.2 Å². The van der Waals surface area contributed by atoms with Crippen LogP contribution in [0, 0.1) is 18.8 Å². The Morgan fingerprint density at radius 2 is 1.54 bits per heavy atom. The second-order valence-corrected chi connectivity index (χ2v) is 7.46. The monoisotopic (exact) mass is 366 g/mol. The molecule has 4 rings (SSSR count). The summed E-state index contributed by atoms with van der Waals surface area (Å²) in [6, 6.07) is 30.3. The van der Waals surface area contributed by atoms with Gasteiger partial charge in [0.05, 0.1) is 13.2 Å². The molecular formula is C26H26N2. The van der Waals surface area contributed by atoms with Crippen LogP contribution in [0.4, 0.5) is 5.69 Å². The first-order chi connectivity index (χ1) is 13.8. The van der Waals surface area contributed by atoms with Gasteiger partial charge in [-0.3, -0.25) is 4.90 Å². The Morgan fingerprint density at radius 1 is 0.857 bits per heavy atom. The summed E-state index contributed by atoms with van der Waals surface area (Å²) in [7, 11) is 0. The van der Waals surface area contributed by atoms with Crippen LogP contribution < -0.4 is 4.90 Å². The quantitative estimate of drug-likeness (QED) is 0.616. The van der Waals surface area contributed by atoms with Crippen LogP contribution in [0.15, 0.2) is 84.9 Å². The van der Waals surface area contributed by atoms with Crippen LogP contribution in [-0.4, -0.2) is 30.7 Å². The molecule has 0 unspecified atom stereocenters. The van der Waals surface area contributed by atoms with Crippen molar-refractivity contribution in [1.29, 1.82) is 0 Å². The SMILES string of the molecule is Cc1ccc(N2C[C@H](Cc3ccccc3)N(CC#Cc3ccccc3)C2)cc1. The average Bonchev–Trinajstić information content (AvgIpc) is 3.13. The van der Waals surface area contributed by atoms with Gasteiger partial charge < -0.3 is 4.90 Å². The molecule has 1 saturated heterocycles. The lowest BCUT2D eigenvalue weighted by Crippen LogP contribution is -2.33. The number of hydrogen-bond acceptors (Lipinski definition) is 2. The maximum atomic E-state index is 3.39. The highest BCUT2D eigenvalue weighted by Gasteiger charge is 2.29. The van der Waals surface area contributed by atoms with Crippen molar-refractivity contribution in [2.75, 3.05) is 24.7 Å². The standard InChI is InChI=1S/C26H26N2/c1-22-14-16-25(17-15-22)28-20-26(19-24-11-6-3-7-12-24)27(21-28)18-8-13-23-9-4-2-5-10-23/h2-7,9-12,14-17,26H,18-21H2,1H3/t26-/m0/s1. The van der Waals surface area contributed by atoms with Gasteiger partial charge in [-0.25, -0.2) is 0 Å². The minimum atomic E-state index is 0.466. The van der Waals surface area contributed by atoms with Gasteiger partial charge in [-0.2, -0.15) is 0 Å². The van der Waals surface area contributed by atoms with Crippen LogP contribution in [0.2, 0.25) is 0 Å². The van der Waals surface area contributed by atoms with Crippen LogP contribution in [0.3, 0.4) is 0 Å². The molecule has 0 aliphatic carbocycles. The number of nitrogens with zero attached hydrogens (tertiary/aromatic N) is 2. The third kappa shape index (κ3) is 4.63. The van der Waals surface area contributed by atoms with Crippen molar-refractivity contribution in [3.05, 3.63) is 102 Å². The van der Waals surface area contributed by atoms with Gasteiger partial charge in [0.1, 0.15) is 0 Å². The summed E-state index contributed by atoms with van der Waals surface area (Å²) in [6.45, 7) is 4.88. The molecule has 0 radical (unpaired) electrons. The van der Waals surface area contributed by atoms with Gasteiger partial charge in [0.25, 0.3) is 0 Å². The normalized spacial score (nSPS) is 16.6. The fraction of sp³-hybridized carbons (Fsp3) is 0.231. The highest BCUT2D eigenvalue weighted by molar-refractivity contribution is 5.48. The lowest BCUT2D eigenvalue weighted by atomic mass is 10.1. The minimum absolute atomic E-state index is 0.466. The van der Waals surface area contributed by atoms with E-state index in [0.29, 0.717) is 6.04 Å². The predicted molar refractivity (Wildman–Crippen MR) is 117 cm³/mol. The van der Waals surface area contributed by atoms with E-state index in [9.17, 15) is 0 Å². The highest BCUT2D eigenvalue weighted by Crippen LogP contribution is 2.24. The van der Waals surface area contributed by atoms with Crippen molar-refractivity contribution < 1.29 is 0 Å². The molecule has 3 aromatic carbocycles. The minimum Gasteiger partial charge on any atom is -0.357 e. The number of benzene rings is 3. The molecular weight excluding hydrogens is 340 g/mol. The number of aryl methyl sites for hydroxylation is 1. The zero-order valence-electron chi connectivity index (χ0n) is 16.4. The molecule has 1 aliphatic heterocycles. The largest absolute Gasteiger partial charge is 0.357 e. The van der Waals surface area contributed by atoms with Crippen LogP contribution in [0.5, 0.6) is 0 Å². The Labute approximate surface area is 168 Å². The summed E-state index contributed by atoms with van der Waals surface area (Å²) >= 11 is 0. The van der Waals surface area contributed by atoms with Gasteiger partial charge in [-0.15, -0.1) is 0 Å². The molecule has 1 fully saturated rings. The van der Waals surface area contributed by atoms with E-state index in [-0.39, 0.29) is 0 Å². The van der Waals surface area contributed by atoms with Crippen LogP contribution >= 0.6 is 0 Å². The molecule has 1 atom stereocenters. The predicted octanol–water partition coefficient (Wildman–Crippen LogP) is 4.74. The molecule has 0 amide bonds.